The third kappa shape index (κ3) is 7.62. The van der Waals surface area contributed by atoms with Gasteiger partial charge in [-0.3, -0.25) is 9.55 Å². The van der Waals surface area contributed by atoms with E-state index in [0.717, 1.165) is 98.4 Å². The van der Waals surface area contributed by atoms with Crippen LogP contribution in [0.15, 0.2) is 170 Å². The standard InChI is InChI=1S/C60H55N3O/c1-39-24-29-54(51(32-39)41-16-9-7-10-17-41)63-55-23-15-22-50(57(55)62-58(63)52-36-42-18-13-14-19-43(42)38-56(52)64)45-33-46(35-49(34-45)59(2,3)4)53-37-44(30-31-61-53)40-25-27-48(28-26-40)60(5,6)47-20-11-8-12-21-47/h7-12,15-17,20-38,64H,13-14,18-19H2,1-6H3. The average molecular weight is 834 g/mol. The minimum Gasteiger partial charge on any atom is -0.507 e. The fourth-order valence-electron chi connectivity index (χ4n) is 9.64. The van der Waals surface area contributed by atoms with Gasteiger partial charge in [0.2, 0.25) is 0 Å². The van der Waals surface area contributed by atoms with Crippen molar-refractivity contribution in [3.8, 4) is 67.5 Å². The molecule has 0 radical (unpaired) electrons. The first-order valence-electron chi connectivity index (χ1n) is 22.7. The molecule has 0 saturated heterocycles. The van der Waals surface area contributed by atoms with E-state index in [2.05, 4.69) is 204 Å². The van der Waals surface area contributed by atoms with E-state index >= 15 is 0 Å². The molecule has 2 aromatic heterocycles. The largest absolute Gasteiger partial charge is 0.507 e. The molecule has 0 spiro atoms. The average Bonchev–Trinajstić information content (AvgIpc) is 3.71. The molecule has 0 atom stereocenters. The van der Waals surface area contributed by atoms with Crippen LogP contribution >= 0.6 is 0 Å². The summed E-state index contributed by atoms with van der Waals surface area (Å²) in [4.78, 5) is 10.6. The molecule has 9 aromatic rings. The molecule has 0 bridgehead atoms. The summed E-state index contributed by atoms with van der Waals surface area (Å²) in [6.07, 6.45) is 6.22. The summed E-state index contributed by atoms with van der Waals surface area (Å²) in [5.74, 6) is 0.999. The Hall–Kier alpha value is -7.04. The van der Waals surface area contributed by atoms with Crippen molar-refractivity contribution in [1.82, 2.24) is 14.5 Å². The van der Waals surface area contributed by atoms with E-state index in [1.54, 1.807) is 0 Å². The zero-order chi connectivity index (χ0) is 44.2. The molecule has 0 unspecified atom stereocenters. The van der Waals surface area contributed by atoms with Crippen molar-refractivity contribution in [3.05, 3.63) is 203 Å². The maximum atomic E-state index is 11.9. The van der Waals surface area contributed by atoms with Gasteiger partial charge in [0.25, 0.3) is 0 Å². The molecular weight excluding hydrogens is 779 g/mol. The third-order valence-corrected chi connectivity index (χ3v) is 13.5. The molecule has 10 rings (SSSR count). The molecule has 1 aliphatic carbocycles. The highest BCUT2D eigenvalue weighted by atomic mass is 16.3. The number of benzene rings is 7. The Balaban J connectivity index is 1.13. The molecule has 0 aliphatic heterocycles. The van der Waals surface area contributed by atoms with E-state index in [1.165, 1.54) is 33.4 Å². The summed E-state index contributed by atoms with van der Waals surface area (Å²) < 4.78 is 2.27. The number of aromatic nitrogens is 3. The molecule has 2 heterocycles. The fourth-order valence-corrected chi connectivity index (χ4v) is 9.64. The van der Waals surface area contributed by atoms with Crippen LogP contribution in [0.5, 0.6) is 5.75 Å². The van der Waals surface area contributed by atoms with Gasteiger partial charge in [0.1, 0.15) is 11.6 Å². The number of nitrogens with zero attached hydrogens (tertiary/aromatic N) is 3. The van der Waals surface area contributed by atoms with Crippen LogP contribution in [0, 0.1) is 6.92 Å². The lowest BCUT2D eigenvalue weighted by Gasteiger charge is -2.26. The van der Waals surface area contributed by atoms with Crippen LogP contribution in [0.2, 0.25) is 0 Å². The van der Waals surface area contributed by atoms with Crippen molar-refractivity contribution in [3.63, 3.8) is 0 Å². The van der Waals surface area contributed by atoms with E-state index in [4.69, 9.17) is 9.97 Å². The lowest BCUT2D eigenvalue weighted by Crippen LogP contribution is -2.18. The Labute approximate surface area is 378 Å². The number of phenols is 1. The number of pyridine rings is 1. The third-order valence-electron chi connectivity index (χ3n) is 13.5. The summed E-state index contributed by atoms with van der Waals surface area (Å²) >= 11 is 0. The Kier molecular flexibility index (Phi) is 10.4. The highest BCUT2D eigenvalue weighted by molar-refractivity contribution is 5.98. The smallest absolute Gasteiger partial charge is 0.149 e. The second kappa shape index (κ2) is 16.3. The normalized spacial score (nSPS) is 13.0. The quantitative estimate of drug-likeness (QED) is 0.166. The second-order valence-corrected chi connectivity index (χ2v) is 19.2. The van der Waals surface area contributed by atoms with Crippen molar-refractivity contribution in [2.75, 3.05) is 0 Å². The van der Waals surface area contributed by atoms with Crippen LogP contribution in [-0.4, -0.2) is 19.6 Å². The number of hydrogen-bond acceptors (Lipinski definition) is 3. The molecule has 0 fully saturated rings. The Bertz CT molecular complexity index is 3170. The van der Waals surface area contributed by atoms with Gasteiger partial charge in [0, 0.05) is 28.3 Å². The number of aromatic hydroxyl groups is 1. The molecular formula is C60H55N3O. The zero-order valence-electron chi connectivity index (χ0n) is 37.8. The second-order valence-electron chi connectivity index (χ2n) is 19.2. The highest BCUT2D eigenvalue weighted by Gasteiger charge is 2.26. The molecule has 4 nitrogen and oxygen atoms in total. The summed E-state index contributed by atoms with van der Waals surface area (Å²) in [7, 11) is 0. The van der Waals surface area contributed by atoms with Crippen molar-refractivity contribution in [1.29, 1.82) is 0 Å². The van der Waals surface area contributed by atoms with Crippen molar-refractivity contribution in [2.24, 2.45) is 0 Å². The first kappa shape index (κ1) is 41.0. The van der Waals surface area contributed by atoms with Crippen LogP contribution in [0.25, 0.3) is 72.7 Å². The van der Waals surface area contributed by atoms with Gasteiger partial charge in [-0.15, -0.1) is 0 Å². The van der Waals surface area contributed by atoms with Gasteiger partial charge < -0.3 is 5.11 Å². The Morgan fingerprint density at radius 3 is 1.94 bits per heavy atom. The molecule has 4 heteroatoms. The minimum absolute atomic E-state index is 0.113. The first-order valence-corrected chi connectivity index (χ1v) is 22.7. The van der Waals surface area contributed by atoms with E-state index in [-0.39, 0.29) is 16.6 Å². The van der Waals surface area contributed by atoms with Gasteiger partial charge in [-0.1, -0.05) is 149 Å². The van der Waals surface area contributed by atoms with Crippen molar-refractivity contribution in [2.45, 2.75) is 78.1 Å². The highest BCUT2D eigenvalue weighted by Crippen LogP contribution is 2.43. The van der Waals surface area contributed by atoms with Gasteiger partial charge in [-0.05, 0) is 143 Å². The number of hydrogen-bond donors (Lipinski definition) is 1. The van der Waals surface area contributed by atoms with Crippen molar-refractivity contribution >= 4 is 11.0 Å². The van der Waals surface area contributed by atoms with Gasteiger partial charge in [0.05, 0.1) is 28.0 Å². The van der Waals surface area contributed by atoms with E-state index in [1.807, 2.05) is 12.3 Å². The number of rotatable bonds is 8. The lowest BCUT2D eigenvalue weighted by molar-refractivity contribution is 0.474. The van der Waals surface area contributed by atoms with Crippen LogP contribution in [0.1, 0.15) is 80.8 Å². The Morgan fingerprint density at radius 2 is 1.20 bits per heavy atom. The molecule has 0 amide bonds. The monoisotopic (exact) mass is 833 g/mol. The number of aryl methyl sites for hydroxylation is 3. The van der Waals surface area contributed by atoms with Crippen LogP contribution < -0.4 is 0 Å². The predicted molar refractivity (Wildman–Crippen MR) is 266 cm³/mol. The first-order chi connectivity index (χ1) is 30.9. The molecule has 0 saturated carbocycles. The topological polar surface area (TPSA) is 50.9 Å². The van der Waals surface area contributed by atoms with Gasteiger partial charge in [-0.2, -0.15) is 0 Å². The molecule has 1 aliphatic rings. The minimum atomic E-state index is -0.135. The summed E-state index contributed by atoms with van der Waals surface area (Å²) in [5, 5.41) is 11.9. The van der Waals surface area contributed by atoms with Crippen LogP contribution in [0.4, 0.5) is 0 Å². The van der Waals surface area contributed by atoms with Gasteiger partial charge in [0.15, 0.2) is 0 Å². The van der Waals surface area contributed by atoms with Crippen LogP contribution in [0.3, 0.4) is 0 Å². The summed E-state index contributed by atoms with van der Waals surface area (Å²) in [5.41, 5.74) is 19.5. The van der Waals surface area contributed by atoms with Crippen LogP contribution in [-0.2, 0) is 23.7 Å². The van der Waals surface area contributed by atoms with E-state index in [9.17, 15) is 5.11 Å². The molecule has 1 N–H and O–H groups in total. The van der Waals surface area contributed by atoms with Gasteiger partial charge >= 0.3 is 0 Å². The number of phenolic OH excluding ortho intramolecular Hbond substituents is 1. The molecule has 7 aromatic carbocycles. The number of fused-ring (bicyclic) bond motifs is 2. The maximum absolute atomic E-state index is 11.9. The zero-order valence-corrected chi connectivity index (χ0v) is 37.8. The SMILES string of the molecule is Cc1ccc(-n2c(-c3cc4c(cc3O)CCCC4)nc3c(-c4cc(-c5cc(-c6ccc(C(C)(C)c7ccccc7)cc6)ccn5)cc(C(C)(C)C)c4)cccc32)c(-c2ccccc2)c1. The molecule has 316 valence electrons. The molecule has 64 heavy (non-hydrogen) atoms. The maximum Gasteiger partial charge on any atom is 0.149 e. The predicted octanol–water partition coefficient (Wildman–Crippen LogP) is 15.3. The van der Waals surface area contributed by atoms with Gasteiger partial charge in [-0.25, -0.2) is 4.98 Å². The van der Waals surface area contributed by atoms with E-state index < -0.39 is 0 Å². The number of para-hydroxylation sites is 1. The van der Waals surface area contributed by atoms with E-state index in [0.29, 0.717) is 0 Å². The summed E-state index contributed by atoms with van der Waals surface area (Å²) in [6.45, 7) is 13.5. The lowest BCUT2D eigenvalue weighted by atomic mass is 9.78. The fraction of sp³-hybridized carbons (Fsp3) is 0.200. The van der Waals surface area contributed by atoms with Crippen molar-refractivity contribution < 1.29 is 5.11 Å². The summed E-state index contributed by atoms with van der Waals surface area (Å²) in [6, 6.07) is 58.9. The number of imidazole rings is 1. The Morgan fingerprint density at radius 1 is 0.516 bits per heavy atom.